The number of thioether (sulfide) groups is 1. The molecule has 1 atom stereocenters. The number of nitrogens with zero attached hydrogens (tertiary/aromatic N) is 3. The highest BCUT2D eigenvalue weighted by Crippen LogP contribution is 2.21. The Kier molecular flexibility index (Phi) is 5.32. The molecule has 0 bridgehead atoms. The van der Waals surface area contributed by atoms with E-state index in [0.717, 1.165) is 5.69 Å². The molecular formula is C14H19N5OS. The van der Waals surface area contributed by atoms with Crippen molar-refractivity contribution in [1.29, 1.82) is 0 Å². The van der Waals surface area contributed by atoms with E-state index in [4.69, 9.17) is 0 Å². The third-order valence-electron chi connectivity index (χ3n) is 2.71. The van der Waals surface area contributed by atoms with Gasteiger partial charge in [-0.1, -0.05) is 31.7 Å². The van der Waals surface area contributed by atoms with E-state index in [1.54, 1.807) is 6.20 Å². The fourth-order valence-electron chi connectivity index (χ4n) is 1.58. The van der Waals surface area contributed by atoms with Gasteiger partial charge in [0.15, 0.2) is 5.82 Å². The summed E-state index contributed by atoms with van der Waals surface area (Å²) in [6.07, 6.45) is 1.70. The maximum atomic E-state index is 11.9. The van der Waals surface area contributed by atoms with Crippen LogP contribution in [0.4, 0.5) is 0 Å². The van der Waals surface area contributed by atoms with E-state index in [0.29, 0.717) is 23.4 Å². The summed E-state index contributed by atoms with van der Waals surface area (Å²) < 4.78 is 0. The third kappa shape index (κ3) is 4.56. The van der Waals surface area contributed by atoms with Gasteiger partial charge in [0, 0.05) is 12.7 Å². The van der Waals surface area contributed by atoms with Crippen LogP contribution >= 0.6 is 11.8 Å². The van der Waals surface area contributed by atoms with Crippen LogP contribution in [-0.2, 0) is 4.79 Å². The lowest BCUT2D eigenvalue weighted by Crippen LogP contribution is -2.33. The molecule has 112 valence electrons. The number of carbonyl (C=O) groups excluding carboxylic acids is 1. The lowest BCUT2D eigenvalue weighted by Gasteiger charge is -2.11. The monoisotopic (exact) mass is 305 g/mol. The molecule has 2 heterocycles. The summed E-state index contributed by atoms with van der Waals surface area (Å²) in [5.74, 6) is 1.04. The van der Waals surface area contributed by atoms with Gasteiger partial charge in [-0.25, -0.2) is 0 Å². The van der Waals surface area contributed by atoms with Crippen molar-refractivity contribution in [3.05, 3.63) is 24.4 Å². The molecule has 2 N–H and O–H groups in total. The molecule has 1 unspecified atom stereocenters. The second-order valence-corrected chi connectivity index (χ2v) is 6.39. The minimum Gasteiger partial charge on any atom is -0.355 e. The van der Waals surface area contributed by atoms with Gasteiger partial charge in [-0.05, 0) is 25.0 Å². The summed E-state index contributed by atoms with van der Waals surface area (Å²) in [5, 5.41) is 10.2. The topological polar surface area (TPSA) is 83.6 Å². The maximum Gasteiger partial charge on any atom is 0.233 e. The lowest BCUT2D eigenvalue weighted by molar-refractivity contribution is -0.120. The Morgan fingerprint density at radius 2 is 2.19 bits per heavy atom. The van der Waals surface area contributed by atoms with Gasteiger partial charge < -0.3 is 5.32 Å². The number of nitrogens with one attached hydrogen (secondary N) is 2. The van der Waals surface area contributed by atoms with Crippen molar-refractivity contribution in [3.8, 4) is 11.5 Å². The Balaban J connectivity index is 1.95. The van der Waals surface area contributed by atoms with Crippen molar-refractivity contribution in [2.45, 2.75) is 31.2 Å². The van der Waals surface area contributed by atoms with Crippen LogP contribution in [0.15, 0.2) is 29.6 Å². The summed E-state index contributed by atoms with van der Waals surface area (Å²) in [5.41, 5.74) is 0.730. The molecule has 0 spiro atoms. The number of hydrogen-bond acceptors (Lipinski definition) is 5. The van der Waals surface area contributed by atoms with Gasteiger partial charge >= 0.3 is 0 Å². The van der Waals surface area contributed by atoms with Gasteiger partial charge in [0.2, 0.25) is 11.1 Å². The summed E-state index contributed by atoms with van der Waals surface area (Å²) >= 11 is 1.33. The van der Waals surface area contributed by atoms with Crippen molar-refractivity contribution in [2.24, 2.45) is 5.92 Å². The number of hydrogen-bond donors (Lipinski definition) is 2. The van der Waals surface area contributed by atoms with Crippen LogP contribution < -0.4 is 5.32 Å². The molecule has 0 fully saturated rings. The van der Waals surface area contributed by atoms with Crippen LogP contribution in [0.25, 0.3) is 11.5 Å². The fraction of sp³-hybridized carbons (Fsp3) is 0.429. The molecule has 0 saturated carbocycles. The molecule has 0 saturated heterocycles. The third-order valence-corrected chi connectivity index (χ3v) is 3.67. The Labute approximate surface area is 128 Å². The quantitative estimate of drug-likeness (QED) is 0.799. The van der Waals surface area contributed by atoms with Gasteiger partial charge in [0.05, 0.1) is 5.25 Å². The second kappa shape index (κ2) is 7.21. The summed E-state index contributed by atoms with van der Waals surface area (Å²) in [7, 11) is 0. The van der Waals surface area contributed by atoms with Crippen molar-refractivity contribution < 1.29 is 4.79 Å². The van der Waals surface area contributed by atoms with Crippen LogP contribution in [0, 0.1) is 5.92 Å². The van der Waals surface area contributed by atoms with Crippen molar-refractivity contribution in [3.63, 3.8) is 0 Å². The molecule has 0 aliphatic heterocycles. The zero-order chi connectivity index (χ0) is 15.2. The van der Waals surface area contributed by atoms with E-state index in [-0.39, 0.29) is 11.2 Å². The highest BCUT2D eigenvalue weighted by Gasteiger charge is 2.17. The molecule has 21 heavy (non-hydrogen) atoms. The number of H-pyrrole nitrogens is 1. The molecule has 1 amide bonds. The molecule has 2 rings (SSSR count). The largest absolute Gasteiger partial charge is 0.355 e. The number of amides is 1. The van der Waals surface area contributed by atoms with Crippen LogP contribution in [0.1, 0.15) is 20.8 Å². The van der Waals surface area contributed by atoms with Gasteiger partial charge in [-0.15, -0.1) is 5.10 Å². The van der Waals surface area contributed by atoms with Gasteiger partial charge in [-0.3, -0.25) is 14.9 Å². The number of pyridine rings is 1. The molecule has 0 radical (unpaired) electrons. The maximum absolute atomic E-state index is 11.9. The predicted molar refractivity (Wildman–Crippen MR) is 82.8 cm³/mol. The van der Waals surface area contributed by atoms with E-state index in [9.17, 15) is 4.79 Å². The van der Waals surface area contributed by atoms with Gasteiger partial charge in [0.1, 0.15) is 5.69 Å². The van der Waals surface area contributed by atoms with Crippen LogP contribution in [0.5, 0.6) is 0 Å². The van der Waals surface area contributed by atoms with Crippen LogP contribution in [0.2, 0.25) is 0 Å². The average molecular weight is 305 g/mol. The Morgan fingerprint density at radius 3 is 2.86 bits per heavy atom. The van der Waals surface area contributed by atoms with Crippen molar-refractivity contribution in [1.82, 2.24) is 25.5 Å². The molecule has 6 nitrogen and oxygen atoms in total. The zero-order valence-corrected chi connectivity index (χ0v) is 13.1. The summed E-state index contributed by atoms with van der Waals surface area (Å²) in [6, 6.07) is 5.59. The first-order chi connectivity index (χ1) is 10.1. The second-order valence-electron chi connectivity index (χ2n) is 5.08. The van der Waals surface area contributed by atoms with Crippen LogP contribution in [0.3, 0.4) is 0 Å². The lowest BCUT2D eigenvalue weighted by atomic mass is 10.2. The van der Waals surface area contributed by atoms with E-state index in [1.807, 2.05) is 25.1 Å². The number of carbonyl (C=O) groups is 1. The smallest absolute Gasteiger partial charge is 0.233 e. The van der Waals surface area contributed by atoms with E-state index in [1.165, 1.54) is 11.8 Å². The highest BCUT2D eigenvalue weighted by atomic mass is 32.2. The number of aromatic nitrogens is 4. The molecule has 0 aliphatic rings. The van der Waals surface area contributed by atoms with E-state index < -0.39 is 0 Å². The predicted octanol–water partition coefficient (Wildman–Crippen LogP) is 2.12. The highest BCUT2D eigenvalue weighted by molar-refractivity contribution is 8.00. The SMILES string of the molecule is CC(C)CNC(=O)C(C)Sc1n[nH]c(-c2ccccn2)n1. The van der Waals surface area contributed by atoms with Gasteiger partial charge in [0.25, 0.3) is 0 Å². The van der Waals surface area contributed by atoms with Crippen LogP contribution in [-0.4, -0.2) is 37.9 Å². The van der Waals surface area contributed by atoms with Crippen molar-refractivity contribution >= 4 is 17.7 Å². The van der Waals surface area contributed by atoms with Gasteiger partial charge in [-0.2, -0.15) is 4.98 Å². The minimum atomic E-state index is -0.240. The minimum absolute atomic E-state index is 0.00196. The van der Waals surface area contributed by atoms with E-state index >= 15 is 0 Å². The first kappa shape index (κ1) is 15.5. The number of aromatic amines is 1. The first-order valence-electron chi connectivity index (χ1n) is 6.84. The standard InChI is InChI=1S/C14H19N5OS/c1-9(2)8-16-13(20)10(3)21-14-17-12(18-19-14)11-6-4-5-7-15-11/h4-7,9-10H,8H2,1-3H3,(H,16,20)(H,17,18,19). The molecule has 2 aromatic heterocycles. The summed E-state index contributed by atoms with van der Waals surface area (Å²) in [6.45, 7) is 6.65. The number of rotatable bonds is 6. The Hall–Kier alpha value is -1.89. The molecular weight excluding hydrogens is 286 g/mol. The molecule has 0 aromatic carbocycles. The normalized spacial score (nSPS) is 12.4. The summed E-state index contributed by atoms with van der Waals surface area (Å²) in [4.78, 5) is 20.5. The molecule has 7 heteroatoms. The molecule has 0 aliphatic carbocycles. The Bertz CT molecular complexity index is 584. The molecule has 2 aromatic rings. The van der Waals surface area contributed by atoms with E-state index in [2.05, 4.69) is 39.3 Å². The zero-order valence-electron chi connectivity index (χ0n) is 12.3. The first-order valence-corrected chi connectivity index (χ1v) is 7.72. The van der Waals surface area contributed by atoms with Crippen molar-refractivity contribution in [2.75, 3.05) is 6.54 Å². The Morgan fingerprint density at radius 1 is 1.38 bits per heavy atom. The fourth-order valence-corrected chi connectivity index (χ4v) is 2.33. The average Bonchev–Trinajstić information content (AvgIpc) is 2.94.